The van der Waals surface area contributed by atoms with Gasteiger partial charge >= 0.3 is 0 Å². The van der Waals surface area contributed by atoms with Crippen LogP contribution in [0.2, 0.25) is 0 Å². The Hall–Kier alpha value is -1.14. The smallest absolute Gasteiger partial charge is 0.233 e. The van der Waals surface area contributed by atoms with Crippen LogP contribution >= 0.6 is 23.1 Å². The highest BCUT2D eigenvalue weighted by molar-refractivity contribution is 8.00. The van der Waals surface area contributed by atoms with Crippen molar-refractivity contribution in [3.63, 3.8) is 0 Å². The van der Waals surface area contributed by atoms with Gasteiger partial charge in [0.2, 0.25) is 5.91 Å². The van der Waals surface area contributed by atoms with Crippen molar-refractivity contribution in [3.8, 4) is 0 Å². The molecular weight excluding hydrogens is 290 g/mol. The largest absolute Gasteiger partial charge is 0.339 e. The molecule has 0 spiro atoms. The van der Waals surface area contributed by atoms with Crippen molar-refractivity contribution in [2.75, 3.05) is 12.3 Å². The standard InChI is InChI=1S/C14H17N3OS2/c1-10-4-2-3-6-17(10)12(18)8-20-14-13-11(5-7-19-13)15-9-16-14/h5,7,9-10H,2-4,6,8H2,1H3/t10-/m1/s1. The van der Waals surface area contributed by atoms with E-state index in [-0.39, 0.29) is 5.91 Å². The molecule has 0 saturated carbocycles. The number of carbonyl (C=O) groups excluding carboxylic acids is 1. The molecular formula is C14H17N3OS2. The molecule has 3 heterocycles. The van der Waals surface area contributed by atoms with E-state index in [0.717, 1.165) is 34.6 Å². The number of amides is 1. The quantitative estimate of drug-likeness (QED) is 0.645. The van der Waals surface area contributed by atoms with Crippen molar-refractivity contribution in [1.82, 2.24) is 14.9 Å². The summed E-state index contributed by atoms with van der Waals surface area (Å²) in [5.74, 6) is 0.694. The lowest BCUT2D eigenvalue weighted by Crippen LogP contribution is -2.42. The van der Waals surface area contributed by atoms with Crippen LogP contribution < -0.4 is 0 Å². The van der Waals surface area contributed by atoms with Crippen molar-refractivity contribution in [2.24, 2.45) is 0 Å². The molecule has 1 fully saturated rings. The van der Waals surface area contributed by atoms with Gasteiger partial charge in [0.25, 0.3) is 0 Å². The summed E-state index contributed by atoms with van der Waals surface area (Å²) in [5.41, 5.74) is 0.964. The van der Waals surface area contributed by atoms with Gasteiger partial charge in [-0.2, -0.15) is 0 Å². The van der Waals surface area contributed by atoms with Gasteiger partial charge in [-0.1, -0.05) is 11.8 Å². The van der Waals surface area contributed by atoms with Gasteiger partial charge in [0.1, 0.15) is 11.4 Å². The summed E-state index contributed by atoms with van der Waals surface area (Å²) >= 11 is 3.16. The lowest BCUT2D eigenvalue weighted by atomic mass is 10.0. The van der Waals surface area contributed by atoms with E-state index in [1.807, 2.05) is 16.3 Å². The lowest BCUT2D eigenvalue weighted by Gasteiger charge is -2.33. The zero-order chi connectivity index (χ0) is 13.9. The van der Waals surface area contributed by atoms with Crippen LogP contribution in [0.4, 0.5) is 0 Å². The molecule has 3 rings (SSSR count). The third-order valence-electron chi connectivity index (χ3n) is 3.67. The Kier molecular flexibility index (Phi) is 4.21. The zero-order valence-electron chi connectivity index (χ0n) is 11.4. The first-order chi connectivity index (χ1) is 9.75. The van der Waals surface area contributed by atoms with Crippen LogP contribution in [0.1, 0.15) is 26.2 Å². The van der Waals surface area contributed by atoms with Crippen LogP contribution in [0, 0.1) is 0 Å². The summed E-state index contributed by atoms with van der Waals surface area (Å²) < 4.78 is 1.08. The van der Waals surface area contributed by atoms with Gasteiger partial charge in [-0.25, -0.2) is 9.97 Å². The zero-order valence-corrected chi connectivity index (χ0v) is 13.0. The monoisotopic (exact) mass is 307 g/mol. The van der Waals surface area contributed by atoms with Crippen LogP contribution in [0.3, 0.4) is 0 Å². The van der Waals surface area contributed by atoms with Crippen LogP contribution in [-0.2, 0) is 4.79 Å². The number of rotatable bonds is 3. The van der Waals surface area contributed by atoms with E-state index in [9.17, 15) is 4.79 Å². The third-order valence-corrected chi connectivity index (χ3v) is 5.68. The number of hydrogen-bond acceptors (Lipinski definition) is 5. The van der Waals surface area contributed by atoms with E-state index in [0.29, 0.717) is 11.8 Å². The Bertz CT molecular complexity index is 613. The highest BCUT2D eigenvalue weighted by Gasteiger charge is 2.23. The fraction of sp³-hybridized carbons (Fsp3) is 0.500. The molecule has 0 radical (unpaired) electrons. The number of fused-ring (bicyclic) bond motifs is 1. The molecule has 1 saturated heterocycles. The molecule has 1 aliphatic rings. The highest BCUT2D eigenvalue weighted by Crippen LogP contribution is 2.29. The number of nitrogens with zero attached hydrogens (tertiary/aromatic N) is 3. The summed E-state index contributed by atoms with van der Waals surface area (Å²) in [6.45, 7) is 3.04. The normalized spacial score (nSPS) is 19.4. The minimum absolute atomic E-state index is 0.227. The van der Waals surface area contributed by atoms with E-state index < -0.39 is 0 Å². The van der Waals surface area contributed by atoms with Crippen LogP contribution in [0.5, 0.6) is 0 Å². The maximum Gasteiger partial charge on any atom is 0.233 e. The first-order valence-electron chi connectivity index (χ1n) is 6.86. The second-order valence-electron chi connectivity index (χ2n) is 5.03. The summed E-state index contributed by atoms with van der Waals surface area (Å²) in [6, 6.07) is 2.37. The van der Waals surface area contributed by atoms with Crippen molar-refractivity contribution in [1.29, 1.82) is 0 Å². The summed E-state index contributed by atoms with van der Waals surface area (Å²) in [6.07, 6.45) is 5.06. The molecule has 1 aliphatic heterocycles. The topological polar surface area (TPSA) is 46.1 Å². The van der Waals surface area contributed by atoms with Gasteiger partial charge in [0, 0.05) is 12.6 Å². The predicted octanol–water partition coefficient (Wildman–Crippen LogP) is 3.18. The number of thioether (sulfide) groups is 1. The maximum atomic E-state index is 12.3. The number of likely N-dealkylation sites (tertiary alicyclic amines) is 1. The first-order valence-corrected chi connectivity index (χ1v) is 8.72. The summed E-state index contributed by atoms with van der Waals surface area (Å²) in [5, 5.41) is 2.93. The molecule has 6 heteroatoms. The SMILES string of the molecule is C[C@@H]1CCCCN1C(=O)CSc1ncnc2ccsc12. The molecule has 0 aromatic carbocycles. The number of piperidine rings is 1. The number of hydrogen-bond donors (Lipinski definition) is 0. The molecule has 0 N–H and O–H groups in total. The minimum Gasteiger partial charge on any atom is -0.339 e. The lowest BCUT2D eigenvalue weighted by molar-refractivity contribution is -0.131. The van der Waals surface area contributed by atoms with Crippen LogP contribution in [0.25, 0.3) is 10.2 Å². The van der Waals surface area contributed by atoms with Gasteiger partial charge in [-0.15, -0.1) is 11.3 Å². The molecule has 20 heavy (non-hydrogen) atoms. The van der Waals surface area contributed by atoms with Crippen molar-refractivity contribution < 1.29 is 4.79 Å². The Morgan fingerprint density at radius 3 is 3.25 bits per heavy atom. The predicted molar refractivity (Wildman–Crippen MR) is 83.2 cm³/mol. The van der Waals surface area contributed by atoms with Gasteiger partial charge in [0.05, 0.1) is 16.0 Å². The molecule has 2 aromatic rings. The van der Waals surface area contributed by atoms with Gasteiger partial charge in [-0.3, -0.25) is 4.79 Å². The number of thiophene rings is 1. The molecule has 1 atom stereocenters. The van der Waals surface area contributed by atoms with Crippen LogP contribution in [-0.4, -0.2) is 39.1 Å². The average molecular weight is 307 g/mol. The van der Waals surface area contributed by atoms with Gasteiger partial charge < -0.3 is 4.90 Å². The molecule has 0 bridgehead atoms. The Labute approximate surface area is 126 Å². The van der Waals surface area contributed by atoms with E-state index in [1.165, 1.54) is 18.2 Å². The number of carbonyl (C=O) groups is 1. The second-order valence-corrected chi connectivity index (χ2v) is 6.91. The Morgan fingerprint density at radius 2 is 2.40 bits per heavy atom. The van der Waals surface area contributed by atoms with E-state index >= 15 is 0 Å². The van der Waals surface area contributed by atoms with Gasteiger partial charge in [-0.05, 0) is 37.6 Å². The highest BCUT2D eigenvalue weighted by atomic mass is 32.2. The Balaban J connectivity index is 1.67. The molecule has 106 valence electrons. The molecule has 0 aliphatic carbocycles. The third kappa shape index (κ3) is 2.81. The fourth-order valence-corrected chi connectivity index (χ4v) is 4.38. The van der Waals surface area contributed by atoms with Crippen molar-refractivity contribution >= 4 is 39.2 Å². The second kappa shape index (κ2) is 6.10. The van der Waals surface area contributed by atoms with E-state index in [4.69, 9.17) is 0 Å². The van der Waals surface area contributed by atoms with Gasteiger partial charge in [0.15, 0.2) is 0 Å². The summed E-state index contributed by atoms with van der Waals surface area (Å²) in [7, 11) is 0. The van der Waals surface area contributed by atoms with E-state index in [1.54, 1.807) is 17.7 Å². The van der Waals surface area contributed by atoms with Crippen molar-refractivity contribution in [3.05, 3.63) is 17.8 Å². The first kappa shape index (κ1) is 13.8. The fourth-order valence-electron chi connectivity index (χ4n) is 2.55. The summed E-state index contributed by atoms with van der Waals surface area (Å²) in [4.78, 5) is 22.9. The maximum absolute atomic E-state index is 12.3. The Morgan fingerprint density at radius 1 is 1.50 bits per heavy atom. The molecule has 1 amide bonds. The average Bonchev–Trinajstić information content (AvgIpc) is 2.94. The number of aromatic nitrogens is 2. The molecule has 0 unspecified atom stereocenters. The van der Waals surface area contributed by atoms with Crippen molar-refractivity contribution in [2.45, 2.75) is 37.3 Å². The van der Waals surface area contributed by atoms with Crippen LogP contribution in [0.15, 0.2) is 22.8 Å². The molecule has 4 nitrogen and oxygen atoms in total. The van der Waals surface area contributed by atoms with E-state index in [2.05, 4.69) is 16.9 Å². The molecule has 2 aromatic heterocycles. The minimum atomic E-state index is 0.227.